The molecule has 120 valence electrons. The van der Waals surface area contributed by atoms with Gasteiger partial charge >= 0.3 is 5.97 Å². The van der Waals surface area contributed by atoms with Crippen LogP contribution >= 0.6 is 11.6 Å². The molecule has 0 saturated heterocycles. The minimum absolute atomic E-state index is 0.186. The highest BCUT2D eigenvalue weighted by Gasteiger charge is 2.11. The Labute approximate surface area is 145 Å². The van der Waals surface area contributed by atoms with E-state index in [-0.39, 0.29) is 12.4 Å². The van der Waals surface area contributed by atoms with Crippen LogP contribution in [0.3, 0.4) is 0 Å². The first kappa shape index (κ1) is 16.2. The molecule has 0 radical (unpaired) electrons. The molecule has 3 aromatic carbocycles. The number of benzene rings is 3. The normalized spacial score (nSPS) is 11.1. The largest absolute Gasteiger partial charge is 0.469 e. The van der Waals surface area contributed by atoms with Gasteiger partial charge in [-0.05, 0) is 40.1 Å². The van der Waals surface area contributed by atoms with Crippen LogP contribution < -0.4 is 0 Å². The number of fused-ring (bicyclic) bond motifs is 1. The molecule has 0 fully saturated rings. The Morgan fingerprint density at radius 2 is 1.83 bits per heavy atom. The van der Waals surface area contributed by atoms with Crippen LogP contribution in [0.4, 0.5) is 5.69 Å². The van der Waals surface area contributed by atoms with E-state index in [1.165, 1.54) is 7.11 Å². The second-order valence-electron chi connectivity index (χ2n) is 5.35. The summed E-state index contributed by atoms with van der Waals surface area (Å²) in [5.74, 6) is -0.283. The molecule has 0 spiro atoms. The number of carbonyl (C=O) groups is 1. The van der Waals surface area contributed by atoms with Gasteiger partial charge in [-0.25, -0.2) is 0 Å². The lowest BCUT2D eigenvalue weighted by atomic mass is 10.00. The predicted octanol–water partition coefficient (Wildman–Crippen LogP) is 4.96. The van der Waals surface area contributed by atoms with Crippen molar-refractivity contribution in [3.63, 3.8) is 0 Å². The van der Waals surface area contributed by atoms with Gasteiger partial charge in [-0.1, -0.05) is 54.1 Å². The highest BCUT2D eigenvalue weighted by Crippen LogP contribution is 2.29. The van der Waals surface area contributed by atoms with Gasteiger partial charge in [-0.2, -0.15) is 0 Å². The van der Waals surface area contributed by atoms with Crippen LogP contribution in [0.15, 0.2) is 65.7 Å². The molecule has 0 aliphatic heterocycles. The minimum Gasteiger partial charge on any atom is -0.469 e. The molecule has 24 heavy (non-hydrogen) atoms. The zero-order valence-electron chi connectivity index (χ0n) is 13.2. The summed E-state index contributed by atoms with van der Waals surface area (Å²) in [5, 5.41) is 2.76. The van der Waals surface area contributed by atoms with Crippen molar-refractivity contribution in [2.24, 2.45) is 4.99 Å². The summed E-state index contributed by atoms with van der Waals surface area (Å²) in [6.45, 7) is 0. The van der Waals surface area contributed by atoms with Crippen LogP contribution in [0.25, 0.3) is 10.8 Å². The zero-order chi connectivity index (χ0) is 16.9. The number of carbonyl (C=O) groups excluding carboxylic acids is 1. The van der Waals surface area contributed by atoms with E-state index in [0.29, 0.717) is 5.02 Å². The third kappa shape index (κ3) is 3.63. The number of rotatable bonds is 4. The number of hydrogen-bond acceptors (Lipinski definition) is 3. The Hall–Kier alpha value is -2.65. The lowest BCUT2D eigenvalue weighted by Crippen LogP contribution is -2.05. The molecular formula is C20H16ClNO2. The van der Waals surface area contributed by atoms with Gasteiger partial charge in [0.05, 0.1) is 19.2 Å². The summed E-state index contributed by atoms with van der Waals surface area (Å²) >= 11 is 5.90. The van der Waals surface area contributed by atoms with Crippen molar-refractivity contribution in [1.82, 2.24) is 0 Å². The Bertz CT molecular complexity index is 901. The number of ether oxygens (including phenoxy) is 1. The molecular weight excluding hydrogens is 322 g/mol. The first-order valence-electron chi connectivity index (χ1n) is 7.54. The van der Waals surface area contributed by atoms with Gasteiger partial charge in [0.15, 0.2) is 0 Å². The van der Waals surface area contributed by atoms with E-state index in [4.69, 9.17) is 16.3 Å². The molecule has 0 atom stereocenters. The van der Waals surface area contributed by atoms with Gasteiger partial charge in [-0.3, -0.25) is 9.79 Å². The van der Waals surface area contributed by atoms with E-state index in [0.717, 1.165) is 27.6 Å². The highest BCUT2D eigenvalue weighted by atomic mass is 35.5. The molecule has 0 aliphatic carbocycles. The molecule has 0 N–H and O–H groups in total. The summed E-state index contributed by atoms with van der Waals surface area (Å²) in [6, 6.07) is 19.3. The van der Waals surface area contributed by atoms with E-state index in [1.54, 1.807) is 6.21 Å². The molecule has 3 nitrogen and oxygen atoms in total. The van der Waals surface area contributed by atoms with Crippen molar-refractivity contribution < 1.29 is 9.53 Å². The van der Waals surface area contributed by atoms with Gasteiger partial charge in [0, 0.05) is 11.2 Å². The fourth-order valence-electron chi connectivity index (χ4n) is 2.54. The maximum Gasteiger partial charge on any atom is 0.310 e. The van der Waals surface area contributed by atoms with Crippen molar-refractivity contribution in [3.8, 4) is 0 Å². The monoisotopic (exact) mass is 337 g/mol. The van der Waals surface area contributed by atoms with Gasteiger partial charge in [-0.15, -0.1) is 0 Å². The van der Waals surface area contributed by atoms with Crippen LogP contribution in [-0.2, 0) is 16.0 Å². The number of nitrogens with zero attached hydrogens (tertiary/aromatic N) is 1. The van der Waals surface area contributed by atoms with Gasteiger partial charge in [0.1, 0.15) is 0 Å². The maximum atomic E-state index is 11.8. The second kappa shape index (κ2) is 7.28. The van der Waals surface area contributed by atoms with Crippen molar-refractivity contribution in [3.05, 3.63) is 76.8 Å². The molecule has 3 aromatic rings. The number of methoxy groups -OCH3 is 1. The highest BCUT2D eigenvalue weighted by molar-refractivity contribution is 6.30. The quantitative estimate of drug-likeness (QED) is 0.498. The van der Waals surface area contributed by atoms with Crippen molar-refractivity contribution in [2.75, 3.05) is 7.11 Å². The Morgan fingerprint density at radius 3 is 2.58 bits per heavy atom. The Balaban J connectivity index is 2.04. The summed E-state index contributed by atoms with van der Waals surface area (Å²) in [6.07, 6.45) is 1.95. The first-order valence-corrected chi connectivity index (χ1v) is 7.92. The summed E-state index contributed by atoms with van der Waals surface area (Å²) in [4.78, 5) is 16.4. The van der Waals surface area contributed by atoms with E-state index < -0.39 is 0 Å². The molecule has 4 heteroatoms. The Kier molecular flexibility index (Phi) is 4.92. The third-order valence-electron chi connectivity index (χ3n) is 3.79. The van der Waals surface area contributed by atoms with E-state index in [2.05, 4.69) is 4.99 Å². The summed E-state index contributed by atoms with van der Waals surface area (Å²) in [5.41, 5.74) is 2.57. The Morgan fingerprint density at radius 1 is 1.08 bits per heavy atom. The number of aliphatic imine (C=N–C) groups is 1. The van der Waals surface area contributed by atoms with Crippen molar-refractivity contribution in [2.45, 2.75) is 6.42 Å². The lowest BCUT2D eigenvalue weighted by molar-refractivity contribution is -0.139. The van der Waals surface area contributed by atoms with Crippen LogP contribution in [-0.4, -0.2) is 19.3 Å². The second-order valence-corrected chi connectivity index (χ2v) is 5.78. The fourth-order valence-corrected chi connectivity index (χ4v) is 2.67. The van der Waals surface area contributed by atoms with Gasteiger partial charge in [0.25, 0.3) is 0 Å². The van der Waals surface area contributed by atoms with Crippen LogP contribution in [0.5, 0.6) is 0 Å². The molecule has 0 unspecified atom stereocenters. The lowest BCUT2D eigenvalue weighted by Gasteiger charge is -2.09. The standard InChI is InChI=1S/C20H16ClNO2/c1-24-20(23)12-18-17-5-3-2-4-15(17)8-11-19(18)22-13-14-6-9-16(21)10-7-14/h2-11,13H,12H2,1H3. The average Bonchev–Trinajstić information content (AvgIpc) is 2.62. The van der Waals surface area contributed by atoms with E-state index in [1.807, 2.05) is 60.7 Å². The van der Waals surface area contributed by atoms with E-state index >= 15 is 0 Å². The van der Waals surface area contributed by atoms with Crippen molar-refractivity contribution >= 4 is 40.2 Å². The summed E-state index contributed by atoms with van der Waals surface area (Å²) in [7, 11) is 1.39. The fraction of sp³-hybridized carbons (Fsp3) is 0.100. The third-order valence-corrected chi connectivity index (χ3v) is 4.04. The predicted molar refractivity (Wildman–Crippen MR) is 98.4 cm³/mol. The minimum atomic E-state index is -0.283. The average molecular weight is 338 g/mol. The SMILES string of the molecule is COC(=O)Cc1c(N=Cc2ccc(Cl)cc2)ccc2ccccc12. The van der Waals surface area contributed by atoms with Gasteiger partial charge < -0.3 is 4.74 Å². The molecule has 0 saturated carbocycles. The number of esters is 1. The summed E-state index contributed by atoms with van der Waals surface area (Å²) < 4.78 is 4.83. The number of halogens is 1. The van der Waals surface area contributed by atoms with Crippen LogP contribution in [0.2, 0.25) is 5.02 Å². The molecule has 0 aliphatic rings. The first-order chi connectivity index (χ1) is 11.7. The molecule has 0 aromatic heterocycles. The van der Waals surface area contributed by atoms with Crippen LogP contribution in [0, 0.1) is 0 Å². The maximum absolute atomic E-state index is 11.8. The van der Waals surface area contributed by atoms with Gasteiger partial charge in [0.2, 0.25) is 0 Å². The van der Waals surface area contributed by atoms with Crippen LogP contribution in [0.1, 0.15) is 11.1 Å². The topological polar surface area (TPSA) is 38.7 Å². The van der Waals surface area contributed by atoms with Crippen molar-refractivity contribution in [1.29, 1.82) is 0 Å². The number of hydrogen-bond donors (Lipinski definition) is 0. The molecule has 0 heterocycles. The zero-order valence-corrected chi connectivity index (χ0v) is 14.0. The molecule has 0 amide bonds. The molecule has 0 bridgehead atoms. The smallest absolute Gasteiger partial charge is 0.310 e. The van der Waals surface area contributed by atoms with E-state index in [9.17, 15) is 4.79 Å². The molecule has 3 rings (SSSR count).